The molecular formula is C10H12N2O2. The van der Waals surface area contributed by atoms with Gasteiger partial charge in [0.05, 0.1) is 12.3 Å². The third-order valence-corrected chi connectivity index (χ3v) is 1.72. The minimum Gasteiger partial charge on any atom is -0.490 e. The summed E-state index contributed by atoms with van der Waals surface area (Å²) in [6, 6.07) is 7.13. The first kappa shape index (κ1) is 10.4. The molecule has 0 atom stereocenters. The van der Waals surface area contributed by atoms with Crippen molar-refractivity contribution in [3.8, 4) is 11.8 Å². The van der Waals surface area contributed by atoms with Crippen LogP contribution in [0, 0.1) is 11.3 Å². The van der Waals surface area contributed by atoms with Crippen LogP contribution in [-0.4, -0.2) is 20.3 Å². The van der Waals surface area contributed by atoms with E-state index in [0.717, 1.165) is 0 Å². The highest BCUT2D eigenvalue weighted by molar-refractivity contribution is 5.60. The fourth-order valence-electron chi connectivity index (χ4n) is 1.02. The Balaban J connectivity index is 2.76. The number of ether oxygens (including phenoxy) is 2. The molecule has 1 aromatic carbocycles. The van der Waals surface area contributed by atoms with Gasteiger partial charge in [0.2, 0.25) is 0 Å². The largest absolute Gasteiger partial charge is 0.490 e. The summed E-state index contributed by atoms with van der Waals surface area (Å²) in [7, 11) is 1.59. The molecule has 0 aliphatic rings. The maximum Gasteiger partial charge on any atom is 0.139 e. The van der Waals surface area contributed by atoms with Crippen LogP contribution in [0.15, 0.2) is 18.2 Å². The molecule has 74 valence electrons. The third kappa shape index (κ3) is 2.38. The zero-order chi connectivity index (χ0) is 10.4. The lowest BCUT2D eigenvalue weighted by molar-refractivity contribution is 0.146. The topological polar surface area (TPSA) is 68.3 Å². The van der Waals surface area contributed by atoms with Crippen molar-refractivity contribution in [1.29, 1.82) is 5.26 Å². The molecule has 0 radical (unpaired) electrons. The summed E-state index contributed by atoms with van der Waals surface area (Å²) in [5, 5.41) is 8.81. The standard InChI is InChI=1S/C10H12N2O2/c1-13-5-6-14-10-4-2-3-9(12)8(10)7-11/h2-4H,5-6,12H2,1H3. The number of hydrogen-bond acceptors (Lipinski definition) is 4. The van der Waals surface area contributed by atoms with Crippen LogP contribution < -0.4 is 10.5 Å². The molecule has 4 heteroatoms. The average Bonchev–Trinajstić information content (AvgIpc) is 2.18. The molecule has 0 spiro atoms. The molecule has 1 aromatic rings. The normalized spacial score (nSPS) is 9.43. The van der Waals surface area contributed by atoms with Crippen LogP contribution in [0.2, 0.25) is 0 Å². The predicted molar refractivity (Wildman–Crippen MR) is 52.9 cm³/mol. The van der Waals surface area contributed by atoms with Gasteiger partial charge in [0.15, 0.2) is 0 Å². The Morgan fingerprint density at radius 3 is 2.86 bits per heavy atom. The fourth-order valence-corrected chi connectivity index (χ4v) is 1.02. The summed E-state index contributed by atoms with van der Waals surface area (Å²) in [5.74, 6) is 0.504. The van der Waals surface area contributed by atoms with E-state index in [0.29, 0.717) is 30.2 Å². The molecule has 2 N–H and O–H groups in total. The van der Waals surface area contributed by atoms with E-state index in [-0.39, 0.29) is 0 Å². The summed E-state index contributed by atoms with van der Waals surface area (Å²) in [6.07, 6.45) is 0. The van der Waals surface area contributed by atoms with Gasteiger partial charge in [0.1, 0.15) is 24.0 Å². The van der Waals surface area contributed by atoms with Gasteiger partial charge < -0.3 is 15.2 Å². The van der Waals surface area contributed by atoms with Crippen LogP contribution in [0.1, 0.15) is 5.56 Å². The number of nitriles is 1. The van der Waals surface area contributed by atoms with E-state index in [2.05, 4.69) is 0 Å². The number of nitrogens with two attached hydrogens (primary N) is 1. The maximum absolute atomic E-state index is 8.81. The molecule has 0 aliphatic carbocycles. The summed E-state index contributed by atoms with van der Waals surface area (Å²) < 4.78 is 10.1. The van der Waals surface area contributed by atoms with Gasteiger partial charge in [-0.15, -0.1) is 0 Å². The minimum absolute atomic E-state index is 0.378. The van der Waals surface area contributed by atoms with Crippen molar-refractivity contribution in [3.05, 3.63) is 23.8 Å². The Bertz CT molecular complexity index is 344. The lowest BCUT2D eigenvalue weighted by Gasteiger charge is -2.08. The highest BCUT2D eigenvalue weighted by atomic mass is 16.5. The fraction of sp³-hybridized carbons (Fsp3) is 0.300. The van der Waals surface area contributed by atoms with Crippen molar-refractivity contribution in [1.82, 2.24) is 0 Å². The molecule has 0 fully saturated rings. The number of anilines is 1. The highest BCUT2D eigenvalue weighted by Crippen LogP contribution is 2.22. The Kier molecular flexibility index (Phi) is 3.77. The molecular weight excluding hydrogens is 180 g/mol. The van der Waals surface area contributed by atoms with Gasteiger partial charge in [-0.1, -0.05) is 6.07 Å². The second kappa shape index (κ2) is 5.10. The molecule has 14 heavy (non-hydrogen) atoms. The summed E-state index contributed by atoms with van der Waals surface area (Å²) in [5.41, 5.74) is 6.41. The molecule has 0 aliphatic heterocycles. The average molecular weight is 192 g/mol. The molecule has 0 amide bonds. The summed E-state index contributed by atoms with van der Waals surface area (Å²) in [4.78, 5) is 0. The van der Waals surface area contributed by atoms with Gasteiger partial charge in [-0.2, -0.15) is 5.26 Å². The number of nitrogens with zero attached hydrogens (tertiary/aromatic N) is 1. The number of nitrogen functional groups attached to an aromatic ring is 1. The van der Waals surface area contributed by atoms with Gasteiger partial charge in [-0.25, -0.2) is 0 Å². The van der Waals surface area contributed by atoms with Crippen molar-refractivity contribution in [2.24, 2.45) is 0 Å². The Labute approximate surface area is 82.9 Å². The van der Waals surface area contributed by atoms with Gasteiger partial charge in [-0.3, -0.25) is 0 Å². The SMILES string of the molecule is COCCOc1cccc(N)c1C#N. The van der Waals surface area contributed by atoms with Crippen LogP contribution in [0.5, 0.6) is 5.75 Å². The van der Waals surface area contributed by atoms with Crippen LogP contribution in [0.3, 0.4) is 0 Å². The van der Waals surface area contributed by atoms with Crippen molar-refractivity contribution < 1.29 is 9.47 Å². The number of benzene rings is 1. The quantitative estimate of drug-likeness (QED) is 0.574. The zero-order valence-electron chi connectivity index (χ0n) is 7.99. The first-order valence-electron chi connectivity index (χ1n) is 4.20. The highest BCUT2D eigenvalue weighted by Gasteiger charge is 2.05. The molecule has 0 heterocycles. The monoisotopic (exact) mass is 192 g/mol. The van der Waals surface area contributed by atoms with Gasteiger partial charge in [0, 0.05) is 7.11 Å². The van der Waals surface area contributed by atoms with Crippen molar-refractivity contribution in [2.45, 2.75) is 0 Å². The van der Waals surface area contributed by atoms with Gasteiger partial charge in [-0.05, 0) is 12.1 Å². The minimum atomic E-state index is 0.378. The van der Waals surface area contributed by atoms with E-state index >= 15 is 0 Å². The van der Waals surface area contributed by atoms with Gasteiger partial charge in [0.25, 0.3) is 0 Å². The molecule has 0 bridgehead atoms. The summed E-state index contributed by atoms with van der Waals surface area (Å²) >= 11 is 0. The van der Waals surface area contributed by atoms with E-state index in [1.54, 1.807) is 25.3 Å². The first-order valence-corrected chi connectivity index (χ1v) is 4.20. The zero-order valence-corrected chi connectivity index (χ0v) is 7.99. The lowest BCUT2D eigenvalue weighted by atomic mass is 10.2. The van der Waals surface area contributed by atoms with Crippen molar-refractivity contribution in [3.63, 3.8) is 0 Å². The Morgan fingerprint density at radius 2 is 2.21 bits per heavy atom. The van der Waals surface area contributed by atoms with Crippen LogP contribution in [0.25, 0.3) is 0 Å². The molecule has 0 saturated carbocycles. The van der Waals surface area contributed by atoms with E-state index in [4.69, 9.17) is 20.5 Å². The summed E-state index contributed by atoms with van der Waals surface area (Å²) in [6.45, 7) is 0.897. The smallest absolute Gasteiger partial charge is 0.139 e. The van der Waals surface area contributed by atoms with E-state index in [1.807, 2.05) is 6.07 Å². The molecule has 1 rings (SSSR count). The number of rotatable bonds is 4. The van der Waals surface area contributed by atoms with E-state index in [1.165, 1.54) is 0 Å². The number of hydrogen-bond donors (Lipinski definition) is 1. The second-order valence-electron chi connectivity index (χ2n) is 2.67. The molecule has 0 aromatic heterocycles. The second-order valence-corrected chi connectivity index (χ2v) is 2.67. The first-order chi connectivity index (χ1) is 6.79. The third-order valence-electron chi connectivity index (χ3n) is 1.72. The van der Waals surface area contributed by atoms with E-state index in [9.17, 15) is 0 Å². The Hall–Kier alpha value is -1.73. The van der Waals surface area contributed by atoms with Crippen molar-refractivity contribution in [2.75, 3.05) is 26.1 Å². The lowest BCUT2D eigenvalue weighted by Crippen LogP contribution is -2.06. The maximum atomic E-state index is 8.81. The van der Waals surface area contributed by atoms with E-state index < -0.39 is 0 Å². The Morgan fingerprint density at radius 1 is 1.43 bits per heavy atom. The van der Waals surface area contributed by atoms with Crippen LogP contribution in [-0.2, 0) is 4.74 Å². The molecule has 0 unspecified atom stereocenters. The molecule has 4 nitrogen and oxygen atoms in total. The number of methoxy groups -OCH3 is 1. The van der Waals surface area contributed by atoms with Crippen LogP contribution >= 0.6 is 0 Å². The van der Waals surface area contributed by atoms with Gasteiger partial charge >= 0.3 is 0 Å². The van der Waals surface area contributed by atoms with Crippen molar-refractivity contribution >= 4 is 5.69 Å². The predicted octanol–water partition coefficient (Wildman–Crippen LogP) is 1.17. The molecule has 0 saturated heterocycles. The van der Waals surface area contributed by atoms with Crippen LogP contribution in [0.4, 0.5) is 5.69 Å².